The summed E-state index contributed by atoms with van der Waals surface area (Å²) < 4.78 is 13.2. The number of piperazine rings is 1. The van der Waals surface area contributed by atoms with E-state index in [0.717, 1.165) is 5.56 Å². The molecule has 2 atom stereocenters. The van der Waals surface area contributed by atoms with Crippen molar-refractivity contribution >= 4 is 17.6 Å². The zero-order valence-corrected chi connectivity index (χ0v) is 19.5. The van der Waals surface area contributed by atoms with E-state index in [-0.39, 0.29) is 34.9 Å². The molecule has 2 amide bonds. The summed E-state index contributed by atoms with van der Waals surface area (Å²) in [4.78, 5) is 47.1. The van der Waals surface area contributed by atoms with E-state index in [1.807, 2.05) is 13.8 Å². The van der Waals surface area contributed by atoms with Gasteiger partial charge in [-0.1, -0.05) is 12.1 Å². The molecule has 1 aromatic carbocycles. The second-order valence-electron chi connectivity index (χ2n) is 8.87. The van der Waals surface area contributed by atoms with Crippen LogP contribution in [0.4, 0.5) is 4.39 Å². The number of carbonyl (C=O) groups is 3. The molecule has 1 N–H and O–H groups in total. The Kier molecular flexibility index (Phi) is 6.83. The lowest BCUT2D eigenvalue weighted by Crippen LogP contribution is -2.57. The number of amides is 2. The summed E-state index contributed by atoms with van der Waals surface area (Å²) in [6, 6.07) is 6.43. The second kappa shape index (κ2) is 9.24. The highest BCUT2D eigenvalue weighted by Gasteiger charge is 2.36. The van der Waals surface area contributed by atoms with Gasteiger partial charge in [0.05, 0.1) is 11.1 Å². The Hall–Kier alpha value is -3.00. The molecule has 8 heteroatoms. The summed E-state index contributed by atoms with van der Waals surface area (Å²) in [7, 11) is 3.03. The first-order chi connectivity index (χ1) is 15.0. The molecular weight excluding hydrogens is 411 g/mol. The third-order valence-electron chi connectivity index (χ3n) is 6.09. The van der Waals surface area contributed by atoms with Gasteiger partial charge in [-0.15, -0.1) is 0 Å². The Morgan fingerprint density at radius 2 is 1.59 bits per heavy atom. The molecule has 1 aliphatic heterocycles. The topological polar surface area (TPSA) is 76.7 Å². The van der Waals surface area contributed by atoms with E-state index in [4.69, 9.17) is 0 Å². The number of halogens is 1. The van der Waals surface area contributed by atoms with Crippen molar-refractivity contribution in [1.29, 1.82) is 0 Å². The minimum absolute atomic E-state index is 0.0723. The van der Waals surface area contributed by atoms with Crippen LogP contribution in [0.25, 0.3) is 0 Å². The minimum atomic E-state index is -0.684. The largest absolute Gasteiger partial charge is 0.361 e. The molecule has 7 nitrogen and oxygen atoms in total. The van der Waals surface area contributed by atoms with E-state index in [9.17, 15) is 18.8 Å². The SMILES string of the molecule is Cc1[nH]c(C)c(C(=O)N2CC(C)N(Cc3ccc(F)cc3)CC2C)c1C(=O)C(=O)N(C)C. The maximum absolute atomic E-state index is 13.6. The summed E-state index contributed by atoms with van der Waals surface area (Å²) in [5.41, 5.74) is 2.53. The lowest BCUT2D eigenvalue weighted by Gasteiger charge is -2.44. The van der Waals surface area contributed by atoms with E-state index in [1.54, 1.807) is 30.9 Å². The number of Topliss-reactive ketones (excluding diaryl/α,β-unsaturated/α-hetero) is 1. The predicted octanol–water partition coefficient (Wildman–Crippen LogP) is 2.78. The fourth-order valence-electron chi connectivity index (χ4n) is 4.31. The van der Waals surface area contributed by atoms with Gasteiger partial charge in [-0.05, 0) is 45.4 Å². The number of likely N-dealkylation sites (N-methyl/N-ethyl adjacent to an activating group) is 1. The van der Waals surface area contributed by atoms with Gasteiger partial charge in [-0.3, -0.25) is 19.3 Å². The zero-order valence-electron chi connectivity index (χ0n) is 19.5. The third-order valence-corrected chi connectivity index (χ3v) is 6.09. The van der Waals surface area contributed by atoms with Crippen LogP contribution < -0.4 is 0 Å². The number of nitrogens with zero attached hydrogens (tertiary/aromatic N) is 3. The van der Waals surface area contributed by atoms with Gasteiger partial charge in [0, 0.05) is 57.2 Å². The number of carbonyl (C=O) groups excluding carboxylic acids is 3. The number of rotatable bonds is 5. The lowest BCUT2D eigenvalue weighted by atomic mass is 10.00. The minimum Gasteiger partial charge on any atom is -0.361 e. The van der Waals surface area contributed by atoms with Crippen LogP contribution in [0.3, 0.4) is 0 Å². The molecule has 172 valence electrons. The van der Waals surface area contributed by atoms with Crippen LogP contribution in [0.5, 0.6) is 0 Å². The van der Waals surface area contributed by atoms with Crippen LogP contribution in [-0.4, -0.2) is 76.5 Å². The number of aromatic nitrogens is 1. The van der Waals surface area contributed by atoms with Crippen LogP contribution in [0.2, 0.25) is 0 Å². The van der Waals surface area contributed by atoms with Crippen molar-refractivity contribution in [2.24, 2.45) is 0 Å². The van der Waals surface area contributed by atoms with Crippen LogP contribution in [0.1, 0.15) is 51.5 Å². The second-order valence-corrected chi connectivity index (χ2v) is 8.87. The molecule has 2 unspecified atom stereocenters. The van der Waals surface area contributed by atoms with Crippen molar-refractivity contribution in [1.82, 2.24) is 19.7 Å². The Labute approximate surface area is 188 Å². The summed E-state index contributed by atoms with van der Waals surface area (Å²) in [5.74, 6) is -1.86. The average molecular weight is 443 g/mol. The smallest absolute Gasteiger partial charge is 0.294 e. The van der Waals surface area contributed by atoms with Gasteiger partial charge in [0.1, 0.15) is 5.82 Å². The number of H-pyrrole nitrogens is 1. The first kappa shape index (κ1) is 23.7. The number of aryl methyl sites for hydroxylation is 2. The highest BCUT2D eigenvalue weighted by molar-refractivity contribution is 6.44. The number of nitrogens with one attached hydrogen (secondary N) is 1. The van der Waals surface area contributed by atoms with Gasteiger partial charge >= 0.3 is 0 Å². The highest BCUT2D eigenvalue weighted by Crippen LogP contribution is 2.26. The molecule has 3 rings (SSSR count). The van der Waals surface area contributed by atoms with Gasteiger partial charge in [0.15, 0.2) is 0 Å². The molecule has 0 saturated carbocycles. The van der Waals surface area contributed by atoms with Gasteiger partial charge in [0.2, 0.25) is 0 Å². The Morgan fingerprint density at radius 1 is 1.00 bits per heavy atom. The Morgan fingerprint density at radius 3 is 2.19 bits per heavy atom. The molecule has 0 aliphatic carbocycles. The van der Waals surface area contributed by atoms with Crippen LogP contribution in [0.15, 0.2) is 24.3 Å². The average Bonchev–Trinajstić information content (AvgIpc) is 3.03. The zero-order chi connectivity index (χ0) is 23.7. The maximum Gasteiger partial charge on any atom is 0.294 e. The fraction of sp³-hybridized carbons (Fsp3) is 0.458. The van der Waals surface area contributed by atoms with Crippen LogP contribution >= 0.6 is 0 Å². The van der Waals surface area contributed by atoms with E-state index in [0.29, 0.717) is 31.0 Å². The summed E-state index contributed by atoms with van der Waals surface area (Å²) in [6.45, 7) is 9.27. The van der Waals surface area contributed by atoms with E-state index < -0.39 is 11.7 Å². The van der Waals surface area contributed by atoms with E-state index in [1.165, 1.54) is 31.1 Å². The highest BCUT2D eigenvalue weighted by atomic mass is 19.1. The molecule has 1 fully saturated rings. The molecule has 2 aromatic rings. The summed E-state index contributed by atoms with van der Waals surface area (Å²) in [6.07, 6.45) is 0. The van der Waals surface area contributed by atoms with Crippen molar-refractivity contribution in [2.75, 3.05) is 27.2 Å². The molecule has 32 heavy (non-hydrogen) atoms. The number of benzene rings is 1. The number of ketones is 1. The molecular formula is C24H31FN4O3. The first-order valence-electron chi connectivity index (χ1n) is 10.8. The monoisotopic (exact) mass is 442 g/mol. The van der Waals surface area contributed by atoms with Crippen LogP contribution in [0, 0.1) is 19.7 Å². The third kappa shape index (κ3) is 4.60. The first-order valence-corrected chi connectivity index (χ1v) is 10.8. The fourth-order valence-corrected chi connectivity index (χ4v) is 4.31. The van der Waals surface area contributed by atoms with Gasteiger partial charge in [0.25, 0.3) is 17.6 Å². The number of aromatic amines is 1. The van der Waals surface area contributed by atoms with Crippen LogP contribution in [-0.2, 0) is 11.3 Å². The maximum atomic E-state index is 13.6. The molecule has 1 aromatic heterocycles. The normalized spacial score (nSPS) is 19.2. The molecule has 1 saturated heterocycles. The quantitative estimate of drug-likeness (QED) is 0.571. The van der Waals surface area contributed by atoms with E-state index >= 15 is 0 Å². The Bertz CT molecular complexity index is 1030. The van der Waals surface area contributed by atoms with Crippen molar-refractivity contribution in [3.8, 4) is 0 Å². The van der Waals surface area contributed by atoms with Gasteiger partial charge < -0.3 is 14.8 Å². The van der Waals surface area contributed by atoms with Gasteiger partial charge in [-0.25, -0.2) is 4.39 Å². The Balaban J connectivity index is 1.83. The van der Waals surface area contributed by atoms with Crippen molar-refractivity contribution in [2.45, 2.75) is 46.3 Å². The molecule has 0 spiro atoms. The summed E-state index contributed by atoms with van der Waals surface area (Å²) in [5, 5.41) is 0. The predicted molar refractivity (Wildman–Crippen MR) is 120 cm³/mol. The molecule has 0 bridgehead atoms. The molecule has 2 heterocycles. The number of hydrogen-bond acceptors (Lipinski definition) is 4. The molecule has 1 aliphatic rings. The summed E-state index contributed by atoms with van der Waals surface area (Å²) >= 11 is 0. The van der Waals surface area contributed by atoms with Crippen molar-refractivity contribution in [3.63, 3.8) is 0 Å². The van der Waals surface area contributed by atoms with E-state index in [2.05, 4.69) is 9.88 Å². The standard InChI is InChI=1S/C24H31FN4O3/c1-14-12-29(15(2)11-28(14)13-18-7-9-19(25)10-8-18)23(31)21-17(4)26-16(3)20(21)22(30)24(32)27(5)6/h7-10,14-15,26H,11-13H2,1-6H3. The van der Waals surface area contributed by atoms with Crippen molar-refractivity contribution in [3.05, 3.63) is 58.2 Å². The van der Waals surface area contributed by atoms with Crippen molar-refractivity contribution < 1.29 is 18.8 Å². The lowest BCUT2D eigenvalue weighted by molar-refractivity contribution is -0.124. The molecule has 0 radical (unpaired) electrons. The number of hydrogen-bond donors (Lipinski definition) is 1. The van der Waals surface area contributed by atoms with Gasteiger partial charge in [-0.2, -0.15) is 0 Å².